The van der Waals surface area contributed by atoms with E-state index in [4.69, 9.17) is 0 Å². The Hall–Kier alpha value is -8.91. The molecule has 0 atom stereocenters. The molecule has 1 fully saturated rings. The second kappa shape index (κ2) is 40.4. The number of thiophene rings is 4. The molecule has 17 heterocycles. The summed E-state index contributed by atoms with van der Waals surface area (Å²) in [5.41, 5.74) is 26.5. The van der Waals surface area contributed by atoms with Crippen LogP contribution in [0.3, 0.4) is 0 Å². The van der Waals surface area contributed by atoms with Crippen molar-refractivity contribution in [2.24, 2.45) is 16.2 Å². The van der Waals surface area contributed by atoms with E-state index in [1.807, 2.05) is 75.7 Å². The van der Waals surface area contributed by atoms with Gasteiger partial charge in [0.2, 0.25) is 0 Å². The van der Waals surface area contributed by atoms with Gasteiger partial charge >= 0.3 is 0 Å². The summed E-state index contributed by atoms with van der Waals surface area (Å²) >= 11 is 7.03. The second-order valence-corrected chi connectivity index (χ2v) is 50.7. The Labute approximate surface area is 840 Å². The maximum absolute atomic E-state index is 12.5. The number of hydrogen-bond acceptors (Lipinski definition) is 13. The smallest absolute Gasteiger partial charge is 0.284 e. The van der Waals surface area contributed by atoms with E-state index in [2.05, 4.69) is 158 Å². The minimum absolute atomic E-state index is 0.0805. The van der Waals surface area contributed by atoms with Gasteiger partial charge in [0.05, 0.1) is 32.4 Å². The van der Waals surface area contributed by atoms with Crippen LogP contribution in [0.4, 0.5) is 0 Å². The third kappa shape index (κ3) is 19.7. The van der Waals surface area contributed by atoms with Gasteiger partial charge in [0, 0.05) is 173 Å². The Bertz CT molecular complexity index is 5960. The molecule has 0 saturated heterocycles. The largest absolute Gasteiger partial charge is 0.348 e. The Morgan fingerprint density at radius 2 is 0.777 bits per heavy atom. The lowest BCUT2D eigenvalue weighted by Gasteiger charge is -2.32. The molecule has 8 aliphatic carbocycles. The number of rotatable bonds is 8. The number of hydrogen-bond donors (Lipinski definition) is 0. The van der Waals surface area contributed by atoms with Crippen molar-refractivity contribution in [3.8, 4) is 0 Å². The molecule has 748 valence electrons. The molecular weight excluding hydrogens is 1810 g/mol. The number of carbonyl (C=O) groups is 6. The molecule has 0 unspecified atom stereocenters. The summed E-state index contributed by atoms with van der Waals surface area (Å²) in [6.45, 7) is 50.9. The lowest BCUT2D eigenvalue weighted by atomic mass is 9.89. The van der Waals surface area contributed by atoms with Gasteiger partial charge < -0.3 is 52.1 Å². The van der Waals surface area contributed by atoms with Crippen LogP contribution in [0.2, 0.25) is 0 Å². The third-order valence-electron chi connectivity index (χ3n) is 32.6. The summed E-state index contributed by atoms with van der Waals surface area (Å²) in [5.74, 6) is 1.51. The van der Waals surface area contributed by atoms with Gasteiger partial charge in [0.1, 0.15) is 21.6 Å². The number of fused-ring (bicyclic) bond motifs is 24. The molecule has 7 aliphatic heterocycles. The van der Waals surface area contributed by atoms with Crippen molar-refractivity contribution in [3.05, 3.63) is 199 Å². The van der Waals surface area contributed by atoms with Crippen molar-refractivity contribution in [1.29, 1.82) is 0 Å². The fraction of sp³-hybridized carbons (Fsp3) is 0.623. The molecule has 1 spiro atoms. The number of nitrogens with zero attached hydrogens (tertiary/aromatic N) is 13. The van der Waals surface area contributed by atoms with Crippen LogP contribution < -0.4 is 11.1 Å². The number of aromatic nitrogens is 7. The molecule has 0 bridgehead atoms. The van der Waals surface area contributed by atoms with Gasteiger partial charge in [-0.3, -0.25) is 38.4 Å². The van der Waals surface area contributed by atoms with Crippen LogP contribution in [-0.4, -0.2) is 173 Å². The van der Waals surface area contributed by atoms with Crippen molar-refractivity contribution >= 4 is 96.4 Å². The first-order valence-corrected chi connectivity index (χ1v) is 56.7. The maximum atomic E-state index is 12.5. The molecule has 15 aliphatic rings. The van der Waals surface area contributed by atoms with E-state index in [1.165, 1.54) is 201 Å². The van der Waals surface area contributed by atoms with Gasteiger partial charge in [-0.05, 0) is 400 Å². The summed E-state index contributed by atoms with van der Waals surface area (Å²) in [6.07, 6.45) is 43.0. The minimum atomic E-state index is 0.0805. The van der Waals surface area contributed by atoms with Crippen LogP contribution in [-0.2, 0) is 142 Å². The summed E-state index contributed by atoms with van der Waals surface area (Å²) in [5, 5.41) is 5.40. The van der Waals surface area contributed by atoms with E-state index in [9.17, 15) is 38.4 Å². The van der Waals surface area contributed by atoms with E-state index >= 15 is 0 Å². The summed E-state index contributed by atoms with van der Waals surface area (Å²) in [6, 6.07) is 10.8. The first-order valence-electron chi connectivity index (χ1n) is 53.4. The van der Waals surface area contributed by atoms with E-state index < -0.39 is 0 Å². The highest BCUT2D eigenvalue weighted by Crippen LogP contribution is 2.59. The number of aryl methyl sites for hydroxylation is 7. The number of amides is 6. The normalized spacial score (nSPS) is 19.5. The Morgan fingerprint density at radius 3 is 1.34 bits per heavy atom. The fourth-order valence-corrected chi connectivity index (χ4v) is 30.7. The van der Waals surface area contributed by atoms with Gasteiger partial charge in [-0.15, -0.1) is 45.3 Å². The molecule has 1 saturated carbocycles. The van der Waals surface area contributed by atoms with Crippen LogP contribution >= 0.6 is 45.3 Å². The zero-order valence-electron chi connectivity index (χ0n) is 87.2. The third-order valence-corrected chi connectivity index (χ3v) is 37.8. The average Bonchev–Trinajstić information content (AvgIpc) is 1.56. The summed E-state index contributed by atoms with van der Waals surface area (Å²) in [4.78, 5) is 120. The minimum Gasteiger partial charge on any atom is -0.348 e. The van der Waals surface area contributed by atoms with Crippen molar-refractivity contribution in [3.63, 3.8) is 0 Å². The molecule has 10 aromatic rings. The predicted octanol–water partition coefficient (Wildman–Crippen LogP) is 21.8. The Morgan fingerprint density at radius 1 is 0.317 bits per heavy atom. The molecule has 6 amide bonds. The fourth-order valence-electron chi connectivity index (χ4n) is 24.9. The van der Waals surface area contributed by atoms with Crippen LogP contribution in [0.25, 0.3) is 15.6 Å². The Kier molecular flexibility index (Phi) is 29.1. The van der Waals surface area contributed by atoms with Gasteiger partial charge in [-0.2, -0.15) is 5.10 Å². The van der Waals surface area contributed by atoms with Crippen molar-refractivity contribution in [2.45, 2.75) is 405 Å². The molecule has 0 N–H and O–H groups in total. The molecular formula is C114H155N13O8S4. The summed E-state index contributed by atoms with van der Waals surface area (Å²) in [7, 11) is 0. The van der Waals surface area contributed by atoms with E-state index in [1.54, 1.807) is 60.2 Å². The molecule has 10 aromatic heterocycles. The second-order valence-electron chi connectivity index (χ2n) is 46.3. The SMILES string of the molecule is CC(C)N1CCc2c(cc3n2CCCC3)C1=O.CC(C)N1CCc2c(sc3c2CC(C)(C)C3)C1=O.CC(C)N1CCc2c(sc3c2CC2(CC2)C3)C1=O.CC(C)N1CCc2c(sc3c2CCCC3)C1=O.CC(C)N1CCn2c(cc3c2CC(C)(C)C3)C1=O.CC(C)N1CCn2c(cc3c2CCCC3)C1=O.CC(C)n1ccn2c3c(cc2c1=O)CCCC3.CC(C)n1ncc2c3c(sc2c1=O)CCCC3. The lowest BCUT2D eigenvalue weighted by Crippen LogP contribution is -2.44. The van der Waals surface area contributed by atoms with Crippen LogP contribution in [0, 0.1) is 16.2 Å². The first kappa shape index (κ1) is 100. The molecule has 25 rings (SSSR count). The Balaban J connectivity index is 0.000000105. The highest BCUT2D eigenvalue weighted by Gasteiger charge is 2.51. The molecule has 25 heteroatoms. The zero-order chi connectivity index (χ0) is 98.6. The van der Waals surface area contributed by atoms with E-state index in [0.29, 0.717) is 52.5 Å². The predicted molar refractivity (Wildman–Crippen MR) is 565 cm³/mol. The zero-order valence-corrected chi connectivity index (χ0v) is 90.4. The number of carbonyl (C=O) groups excluding carboxylic acids is 6. The van der Waals surface area contributed by atoms with E-state index in [-0.39, 0.29) is 58.6 Å². The van der Waals surface area contributed by atoms with Crippen molar-refractivity contribution in [1.82, 2.24) is 61.8 Å². The molecule has 139 heavy (non-hydrogen) atoms. The first-order chi connectivity index (χ1) is 66.3. The van der Waals surface area contributed by atoms with E-state index in [0.717, 1.165) is 202 Å². The highest BCUT2D eigenvalue weighted by atomic mass is 32.1. The van der Waals surface area contributed by atoms with Crippen LogP contribution in [0.5, 0.6) is 0 Å². The van der Waals surface area contributed by atoms with Crippen molar-refractivity contribution in [2.75, 3.05) is 39.3 Å². The molecule has 0 aromatic carbocycles. The van der Waals surface area contributed by atoms with Gasteiger partial charge in [0.15, 0.2) is 0 Å². The van der Waals surface area contributed by atoms with Gasteiger partial charge in [-0.1, -0.05) is 27.7 Å². The lowest BCUT2D eigenvalue weighted by molar-refractivity contribution is 0.0639. The standard InChI is InChI=1S/C15H22N2O.C15H19NOS.C15H21NOS.2C14H20N2O.C14H18N2O.C14H19NOS.C13H16N2OS/c1-10(2)16-5-6-17-12(14(16)18)7-11-8-15(3,4)9-13(11)17;1-9(2)16-6-3-10-11-7-15(4-5-15)8-12(11)18-13(10)14(16)17;1-9(2)16-6-5-10-11-7-15(3,4)8-12(11)18-13(10)14(16)17;1-10(2)15-8-6-13-12(14(15)17)9-11-5-3-4-7-16(11)13;2*1-10(2)15-7-8-16-12-6-4-3-5-11(12)9-13(16)14(15)17;1-9(2)15-8-7-11-10-5-3-4-6-12(10)17-13(11)14(15)16;1-8(2)15-13(16)12-10(7-14-15)9-5-3-4-6-11(9)17-12/h7,10H,5-6,8-9H2,1-4H3;9H,3-8H2,1-2H3;9H,5-8H2,1-4H3;2*9-10H,3-8H2,1-2H3;7-10H,3-6H2,1-2H3;9H,3-8H2,1-2H3;7-8H,3-6H2,1-2H3. The van der Waals surface area contributed by atoms with Gasteiger partial charge in [-0.25, -0.2) is 4.68 Å². The topological polar surface area (TPSA) is 198 Å². The maximum Gasteiger partial charge on any atom is 0.284 e. The monoisotopic (exact) mass is 1960 g/mol. The molecule has 0 radical (unpaired) electrons. The highest BCUT2D eigenvalue weighted by molar-refractivity contribution is 7.19. The quantitative estimate of drug-likeness (QED) is 0.142. The van der Waals surface area contributed by atoms with Gasteiger partial charge in [0.25, 0.3) is 46.6 Å². The summed E-state index contributed by atoms with van der Waals surface area (Å²) < 4.78 is 13.3. The average molecular weight is 1960 g/mol. The van der Waals surface area contributed by atoms with Crippen LogP contribution in [0.15, 0.2) is 52.4 Å². The van der Waals surface area contributed by atoms with Crippen LogP contribution in [0.1, 0.15) is 392 Å². The molecule has 21 nitrogen and oxygen atoms in total. The van der Waals surface area contributed by atoms with Crippen molar-refractivity contribution < 1.29 is 28.8 Å².